The highest BCUT2D eigenvalue weighted by Gasteiger charge is 2.14. The number of halogens is 2. The molecular weight excluding hydrogens is 413 g/mol. The lowest BCUT2D eigenvalue weighted by molar-refractivity contribution is 0.587. The van der Waals surface area contributed by atoms with Gasteiger partial charge in [-0.3, -0.25) is 4.98 Å². The summed E-state index contributed by atoms with van der Waals surface area (Å²) in [5, 5.41) is 9.57. The summed E-state index contributed by atoms with van der Waals surface area (Å²) in [4.78, 5) is 4.43. The lowest BCUT2D eigenvalue weighted by Gasteiger charge is -2.21. The fraction of sp³-hybridized carbons (Fsp3) is 0.160. The van der Waals surface area contributed by atoms with Crippen LogP contribution in [0.1, 0.15) is 22.7 Å². The van der Waals surface area contributed by atoms with Crippen molar-refractivity contribution < 1.29 is 0 Å². The summed E-state index contributed by atoms with van der Waals surface area (Å²) in [7, 11) is 2.00. The van der Waals surface area contributed by atoms with Gasteiger partial charge in [0.15, 0.2) is 0 Å². The van der Waals surface area contributed by atoms with Gasteiger partial charge >= 0.3 is 0 Å². The third kappa shape index (κ3) is 4.76. The second-order valence-corrected chi connectivity index (χ2v) is 8.12. The lowest BCUT2D eigenvalue weighted by Crippen LogP contribution is -2.21. The van der Waals surface area contributed by atoms with Gasteiger partial charge in [0.05, 0.1) is 5.52 Å². The third-order valence-corrected chi connectivity index (χ3v) is 5.79. The van der Waals surface area contributed by atoms with Crippen LogP contribution in [-0.2, 0) is 13.0 Å². The van der Waals surface area contributed by atoms with Crippen LogP contribution in [-0.4, -0.2) is 12.0 Å². The molecule has 3 aromatic carbocycles. The zero-order valence-electron chi connectivity index (χ0n) is 16.7. The van der Waals surface area contributed by atoms with Crippen molar-refractivity contribution in [1.29, 1.82) is 0 Å². The van der Waals surface area contributed by atoms with E-state index in [2.05, 4.69) is 52.0 Å². The van der Waals surface area contributed by atoms with Crippen LogP contribution in [0.25, 0.3) is 10.9 Å². The van der Waals surface area contributed by atoms with Crippen LogP contribution >= 0.6 is 23.2 Å². The van der Waals surface area contributed by atoms with Gasteiger partial charge < -0.3 is 10.6 Å². The molecule has 0 aliphatic heterocycles. The number of likely N-dealkylation sites (N-methyl/N-ethyl adjacent to an activating group) is 1. The maximum Gasteiger partial charge on any atom is 0.0737 e. The maximum atomic E-state index is 6.12. The topological polar surface area (TPSA) is 37.0 Å². The van der Waals surface area contributed by atoms with Crippen molar-refractivity contribution in [2.45, 2.75) is 19.0 Å². The monoisotopic (exact) mass is 435 g/mol. The van der Waals surface area contributed by atoms with Gasteiger partial charge in [0.2, 0.25) is 0 Å². The Morgan fingerprint density at radius 3 is 2.47 bits per heavy atom. The zero-order chi connectivity index (χ0) is 20.9. The molecule has 0 spiro atoms. The van der Waals surface area contributed by atoms with Crippen molar-refractivity contribution in [3.05, 3.63) is 106 Å². The number of benzene rings is 3. The van der Waals surface area contributed by atoms with Crippen molar-refractivity contribution in [3.63, 3.8) is 0 Å². The highest BCUT2D eigenvalue weighted by molar-refractivity contribution is 6.31. The van der Waals surface area contributed by atoms with Crippen LogP contribution in [0.2, 0.25) is 10.0 Å². The summed E-state index contributed by atoms with van der Waals surface area (Å²) >= 11 is 12.2. The Morgan fingerprint density at radius 2 is 1.67 bits per heavy atom. The molecule has 1 aromatic heterocycles. The van der Waals surface area contributed by atoms with Crippen LogP contribution in [0.4, 0.5) is 5.69 Å². The maximum absolute atomic E-state index is 6.12. The van der Waals surface area contributed by atoms with E-state index < -0.39 is 0 Å². The summed E-state index contributed by atoms with van der Waals surface area (Å²) in [6.07, 6.45) is 2.70. The fourth-order valence-electron chi connectivity index (χ4n) is 3.72. The summed E-state index contributed by atoms with van der Waals surface area (Å²) in [6, 6.07) is 24.6. The molecule has 1 heterocycles. The van der Waals surface area contributed by atoms with E-state index in [-0.39, 0.29) is 6.04 Å². The van der Waals surface area contributed by atoms with Gasteiger partial charge in [-0.1, -0.05) is 59.6 Å². The first-order chi connectivity index (χ1) is 14.6. The van der Waals surface area contributed by atoms with Crippen LogP contribution in [0.3, 0.4) is 0 Å². The Labute approximate surface area is 187 Å². The molecule has 0 bridgehead atoms. The molecule has 0 saturated carbocycles. The highest BCUT2D eigenvalue weighted by atomic mass is 35.5. The molecular formula is C25H23Cl2N3. The number of hydrogen-bond acceptors (Lipinski definition) is 3. The van der Waals surface area contributed by atoms with Crippen molar-refractivity contribution in [2.24, 2.45) is 0 Å². The van der Waals surface area contributed by atoms with E-state index in [1.807, 2.05) is 49.6 Å². The number of rotatable bonds is 7. The molecule has 5 heteroatoms. The Kier molecular flexibility index (Phi) is 6.53. The summed E-state index contributed by atoms with van der Waals surface area (Å²) in [6.45, 7) is 0.719. The Morgan fingerprint density at radius 1 is 0.900 bits per heavy atom. The molecule has 0 saturated heterocycles. The smallest absolute Gasteiger partial charge is 0.0737 e. The molecule has 4 rings (SSSR count). The summed E-state index contributed by atoms with van der Waals surface area (Å²) < 4.78 is 0. The van der Waals surface area contributed by atoms with Crippen LogP contribution in [0.15, 0.2) is 79.0 Å². The molecule has 1 unspecified atom stereocenters. The van der Waals surface area contributed by atoms with E-state index in [4.69, 9.17) is 23.2 Å². The van der Waals surface area contributed by atoms with Gasteiger partial charge in [0, 0.05) is 39.9 Å². The van der Waals surface area contributed by atoms with Gasteiger partial charge in [0.1, 0.15) is 0 Å². The standard InChI is InChI=1S/C25H23Cl2N3/c1-28-24(14-17-6-8-19(26)9-7-17)21-5-3-2-4-18(21)16-30-23-12-13-29-25-15-20(27)10-11-22(23)25/h2-13,15,24,28H,14,16H2,1H3,(H,29,30). The van der Waals surface area contributed by atoms with Crippen molar-refractivity contribution in [3.8, 4) is 0 Å². The molecule has 4 aromatic rings. The number of nitrogens with one attached hydrogen (secondary N) is 2. The highest BCUT2D eigenvalue weighted by Crippen LogP contribution is 2.27. The minimum Gasteiger partial charge on any atom is -0.380 e. The molecule has 30 heavy (non-hydrogen) atoms. The quantitative estimate of drug-likeness (QED) is 0.340. The SMILES string of the molecule is CNC(Cc1ccc(Cl)cc1)c1ccccc1CNc1ccnc2cc(Cl)ccc12. The number of hydrogen-bond donors (Lipinski definition) is 2. The first-order valence-corrected chi connectivity index (χ1v) is 10.7. The minimum absolute atomic E-state index is 0.206. The lowest BCUT2D eigenvalue weighted by atomic mass is 9.94. The predicted molar refractivity (Wildman–Crippen MR) is 127 cm³/mol. The van der Waals surface area contributed by atoms with E-state index in [0.29, 0.717) is 5.02 Å². The molecule has 152 valence electrons. The largest absolute Gasteiger partial charge is 0.380 e. The van der Waals surface area contributed by atoms with E-state index >= 15 is 0 Å². The molecule has 2 N–H and O–H groups in total. The van der Waals surface area contributed by atoms with Crippen molar-refractivity contribution in [1.82, 2.24) is 10.3 Å². The second-order valence-electron chi connectivity index (χ2n) is 7.24. The fourth-order valence-corrected chi connectivity index (χ4v) is 4.02. The normalized spacial score (nSPS) is 12.1. The van der Waals surface area contributed by atoms with Crippen molar-refractivity contribution >= 4 is 39.8 Å². The average molecular weight is 436 g/mol. The number of aromatic nitrogens is 1. The van der Waals surface area contributed by atoms with Crippen LogP contribution in [0, 0.1) is 0 Å². The summed E-state index contributed by atoms with van der Waals surface area (Å²) in [5.74, 6) is 0. The summed E-state index contributed by atoms with van der Waals surface area (Å²) in [5.41, 5.74) is 5.72. The molecule has 0 fully saturated rings. The molecule has 0 amide bonds. The van der Waals surface area contributed by atoms with E-state index in [0.717, 1.165) is 34.6 Å². The van der Waals surface area contributed by atoms with Gasteiger partial charge in [0.25, 0.3) is 0 Å². The van der Waals surface area contributed by atoms with E-state index in [9.17, 15) is 0 Å². The number of anilines is 1. The van der Waals surface area contributed by atoms with Gasteiger partial charge in [-0.15, -0.1) is 0 Å². The minimum atomic E-state index is 0.206. The third-order valence-electron chi connectivity index (χ3n) is 5.31. The van der Waals surface area contributed by atoms with E-state index in [1.54, 1.807) is 0 Å². The first kappa shape index (κ1) is 20.7. The molecule has 0 radical (unpaired) electrons. The zero-order valence-corrected chi connectivity index (χ0v) is 18.2. The van der Waals surface area contributed by atoms with E-state index in [1.165, 1.54) is 16.7 Å². The van der Waals surface area contributed by atoms with Crippen LogP contribution < -0.4 is 10.6 Å². The number of fused-ring (bicyclic) bond motifs is 1. The second kappa shape index (κ2) is 9.48. The Hall–Kier alpha value is -2.59. The molecule has 0 aliphatic rings. The van der Waals surface area contributed by atoms with Gasteiger partial charge in [-0.05, 0) is 66.6 Å². The predicted octanol–water partition coefficient (Wildman–Crippen LogP) is 6.66. The van der Waals surface area contributed by atoms with Crippen molar-refractivity contribution in [2.75, 3.05) is 12.4 Å². The van der Waals surface area contributed by atoms with Crippen LogP contribution in [0.5, 0.6) is 0 Å². The number of pyridine rings is 1. The Balaban J connectivity index is 1.56. The van der Waals surface area contributed by atoms with Gasteiger partial charge in [-0.25, -0.2) is 0 Å². The first-order valence-electron chi connectivity index (χ1n) is 9.91. The van der Waals surface area contributed by atoms with Gasteiger partial charge in [-0.2, -0.15) is 0 Å². The average Bonchev–Trinajstić information content (AvgIpc) is 2.77. The Bertz CT molecular complexity index is 1140. The molecule has 0 aliphatic carbocycles. The molecule has 1 atom stereocenters. The molecule has 3 nitrogen and oxygen atoms in total. The number of nitrogens with zero attached hydrogens (tertiary/aromatic N) is 1.